The number of imidazole rings is 1. The van der Waals surface area contributed by atoms with Crippen LogP contribution >= 0.6 is 0 Å². The van der Waals surface area contributed by atoms with Crippen molar-refractivity contribution in [3.05, 3.63) is 39.7 Å². The standard InChI is InChI=1S/C15H22N6O3/c1-4-5-12-14(21(23)24)13(19-18-12)15(22)17-8-10(2)9-20-7-6-16-11(20)3/h6-7,10H,4-5,8-9H2,1-3H3,(H,17,22)(H,18,19). The van der Waals surface area contributed by atoms with E-state index < -0.39 is 10.8 Å². The zero-order valence-corrected chi connectivity index (χ0v) is 14.1. The van der Waals surface area contributed by atoms with Crippen LogP contribution in [0.3, 0.4) is 0 Å². The number of aryl methyl sites for hydroxylation is 2. The molecule has 1 unspecified atom stereocenters. The third-order valence-electron chi connectivity index (χ3n) is 3.75. The van der Waals surface area contributed by atoms with Gasteiger partial charge >= 0.3 is 5.69 Å². The number of aromatic amines is 1. The fraction of sp³-hybridized carbons (Fsp3) is 0.533. The molecule has 2 rings (SSSR count). The lowest BCUT2D eigenvalue weighted by molar-refractivity contribution is -0.385. The monoisotopic (exact) mass is 334 g/mol. The minimum atomic E-state index is -0.554. The fourth-order valence-corrected chi connectivity index (χ4v) is 2.50. The van der Waals surface area contributed by atoms with Crippen LogP contribution in [-0.4, -0.2) is 37.1 Å². The van der Waals surface area contributed by atoms with E-state index in [4.69, 9.17) is 0 Å². The zero-order chi connectivity index (χ0) is 17.7. The molecule has 0 aliphatic heterocycles. The van der Waals surface area contributed by atoms with Gasteiger partial charge in [-0.2, -0.15) is 5.10 Å². The highest BCUT2D eigenvalue weighted by atomic mass is 16.6. The van der Waals surface area contributed by atoms with Gasteiger partial charge in [-0.25, -0.2) is 4.98 Å². The lowest BCUT2D eigenvalue weighted by Crippen LogP contribution is -2.30. The summed E-state index contributed by atoms with van der Waals surface area (Å²) in [6.07, 6.45) is 4.81. The molecule has 0 saturated carbocycles. The van der Waals surface area contributed by atoms with Gasteiger partial charge in [-0.15, -0.1) is 0 Å². The average Bonchev–Trinajstić information content (AvgIpc) is 3.12. The fourth-order valence-electron chi connectivity index (χ4n) is 2.50. The van der Waals surface area contributed by atoms with E-state index in [1.165, 1.54) is 0 Å². The quantitative estimate of drug-likeness (QED) is 0.564. The molecule has 2 aromatic heterocycles. The van der Waals surface area contributed by atoms with Crippen LogP contribution in [0.4, 0.5) is 5.69 Å². The van der Waals surface area contributed by atoms with Gasteiger partial charge in [-0.05, 0) is 19.3 Å². The van der Waals surface area contributed by atoms with E-state index in [0.29, 0.717) is 25.2 Å². The van der Waals surface area contributed by atoms with Crippen molar-refractivity contribution in [3.63, 3.8) is 0 Å². The van der Waals surface area contributed by atoms with Crippen molar-refractivity contribution in [2.45, 2.75) is 40.2 Å². The second-order valence-corrected chi connectivity index (χ2v) is 5.85. The van der Waals surface area contributed by atoms with Crippen LogP contribution in [0.25, 0.3) is 0 Å². The summed E-state index contributed by atoms with van der Waals surface area (Å²) in [6.45, 7) is 6.90. The van der Waals surface area contributed by atoms with Crippen LogP contribution in [0.5, 0.6) is 0 Å². The molecule has 0 aliphatic carbocycles. The van der Waals surface area contributed by atoms with E-state index >= 15 is 0 Å². The van der Waals surface area contributed by atoms with E-state index in [0.717, 1.165) is 12.2 Å². The Kier molecular flexibility index (Phi) is 5.67. The Morgan fingerprint density at radius 3 is 2.88 bits per heavy atom. The van der Waals surface area contributed by atoms with Gasteiger partial charge in [0.1, 0.15) is 11.5 Å². The summed E-state index contributed by atoms with van der Waals surface area (Å²) < 4.78 is 1.99. The first-order valence-corrected chi connectivity index (χ1v) is 7.91. The number of rotatable bonds is 8. The lowest BCUT2D eigenvalue weighted by atomic mass is 10.1. The van der Waals surface area contributed by atoms with E-state index in [1.54, 1.807) is 6.20 Å². The number of hydrogen-bond donors (Lipinski definition) is 2. The van der Waals surface area contributed by atoms with Crippen LogP contribution in [-0.2, 0) is 13.0 Å². The topological polar surface area (TPSA) is 119 Å². The van der Waals surface area contributed by atoms with Gasteiger partial charge in [0.2, 0.25) is 5.69 Å². The van der Waals surface area contributed by atoms with Crippen molar-refractivity contribution in [1.82, 2.24) is 25.1 Å². The highest BCUT2D eigenvalue weighted by Crippen LogP contribution is 2.22. The Hall–Kier alpha value is -2.71. The molecule has 2 heterocycles. The molecule has 0 fully saturated rings. The van der Waals surface area contributed by atoms with Crippen molar-refractivity contribution in [2.24, 2.45) is 5.92 Å². The molecular weight excluding hydrogens is 312 g/mol. The highest BCUT2D eigenvalue weighted by Gasteiger charge is 2.28. The summed E-state index contributed by atoms with van der Waals surface area (Å²) in [5.74, 6) is 0.518. The van der Waals surface area contributed by atoms with E-state index in [2.05, 4.69) is 20.5 Å². The molecule has 130 valence electrons. The summed E-state index contributed by atoms with van der Waals surface area (Å²) in [6, 6.07) is 0. The number of nitrogens with zero attached hydrogens (tertiary/aromatic N) is 4. The molecule has 0 radical (unpaired) electrons. The average molecular weight is 334 g/mol. The van der Waals surface area contributed by atoms with Crippen molar-refractivity contribution >= 4 is 11.6 Å². The normalized spacial score (nSPS) is 12.1. The van der Waals surface area contributed by atoms with Crippen LogP contribution in [0.2, 0.25) is 0 Å². The van der Waals surface area contributed by atoms with Crippen LogP contribution in [0, 0.1) is 23.0 Å². The number of nitro groups is 1. The van der Waals surface area contributed by atoms with E-state index in [9.17, 15) is 14.9 Å². The largest absolute Gasteiger partial charge is 0.350 e. The first-order valence-electron chi connectivity index (χ1n) is 7.91. The maximum atomic E-state index is 12.2. The summed E-state index contributed by atoms with van der Waals surface area (Å²) >= 11 is 0. The van der Waals surface area contributed by atoms with Gasteiger partial charge in [0.15, 0.2) is 0 Å². The molecule has 0 saturated heterocycles. The van der Waals surface area contributed by atoms with Crippen LogP contribution in [0.15, 0.2) is 12.4 Å². The molecule has 2 N–H and O–H groups in total. The molecule has 9 heteroatoms. The third-order valence-corrected chi connectivity index (χ3v) is 3.75. The number of amides is 1. The molecule has 1 amide bonds. The van der Waals surface area contributed by atoms with Gasteiger partial charge in [0.05, 0.1) is 4.92 Å². The number of carbonyl (C=O) groups excluding carboxylic acids is 1. The smallest absolute Gasteiger partial charge is 0.322 e. The first-order chi connectivity index (χ1) is 11.4. The SMILES string of the molecule is CCCc1[nH]nc(C(=O)NCC(C)Cn2ccnc2C)c1[N+](=O)[O-]. The second-order valence-electron chi connectivity index (χ2n) is 5.85. The zero-order valence-electron chi connectivity index (χ0n) is 14.1. The number of aromatic nitrogens is 4. The Morgan fingerprint density at radius 2 is 2.29 bits per heavy atom. The first kappa shape index (κ1) is 17.6. The summed E-state index contributed by atoms with van der Waals surface area (Å²) in [5.41, 5.74) is -0.00310. The van der Waals surface area contributed by atoms with Crippen molar-refractivity contribution in [2.75, 3.05) is 6.54 Å². The third kappa shape index (κ3) is 3.98. The number of H-pyrrole nitrogens is 1. The van der Waals surface area contributed by atoms with Crippen molar-refractivity contribution in [1.29, 1.82) is 0 Å². The molecular formula is C15H22N6O3. The van der Waals surface area contributed by atoms with Crippen LogP contribution < -0.4 is 5.32 Å². The summed E-state index contributed by atoms with van der Waals surface area (Å²) in [5, 5.41) is 20.4. The maximum absolute atomic E-state index is 12.2. The molecule has 0 aliphatic rings. The van der Waals surface area contributed by atoms with Gasteiger partial charge < -0.3 is 9.88 Å². The molecule has 2 aromatic rings. The minimum absolute atomic E-state index is 0.148. The second kappa shape index (κ2) is 7.71. The van der Waals surface area contributed by atoms with E-state index in [-0.39, 0.29) is 17.3 Å². The van der Waals surface area contributed by atoms with E-state index in [1.807, 2.05) is 31.5 Å². The van der Waals surface area contributed by atoms with Gasteiger partial charge in [-0.1, -0.05) is 20.3 Å². The summed E-state index contributed by atoms with van der Waals surface area (Å²) in [7, 11) is 0. The van der Waals surface area contributed by atoms with Gasteiger partial charge in [0.25, 0.3) is 5.91 Å². The summed E-state index contributed by atoms with van der Waals surface area (Å²) in [4.78, 5) is 27.1. The molecule has 0 bridgehead atoms. The number of nitrogens with one attached hydrogen (secondary N) is 2. The Balaban J connectivity index is 1.99. The van der Waals surface area contributed by atoms with Gasteiger partial charge in [0, 0.05) is 25.5 Å². The number of hydrogen-bond acceptors (Lipinski definition) is 5. The molecule has 24 heavy (non-hydrogen) atoms. The molecule has 0 aromatic carbocycles. The lowest BCUT2D eigenvalue weighted by Gasteiger charge is -2.13. The van der Waals surface area contributed by atoms with Crippen molar-refractivity contribution in [3.8, 4) is 0 Å². The predicted molar refractivity (Wildman–Crippen MR) is 87.7 cm³/mol. The van der Waals surface area contributed by atoms with Crippen LogP contribution in [0.1, 0.15) is 42.3 Å². The molecule has 9 nitrogen and oxygen atoms in total. The number of carbonyl (C=O) groups is 1. The highest BCUT2D eigenvalue weighted by molar-refractivity contribution is 5.96. The maximum Gasteiger partial charge on any atom is 0.322 e. The Labute approximate surface area is 139 Å². The van der Waals surface area contributed by atoms with Gasteiger partial charge in [-0.3, -0.25) is 20.0 Å². The predicted octanol–water partition coefficient (Wildman–Crippen LogP) is 1.84. The molecule has 0 spiro atoms. The Morgan fingerprint density at radius 1 is 1.54 bits per heavy atom. The molecule has 1 atom stereocenters. The Bertz CT molecular complexity index is 721. The minimum Gasteiger partial charge on any atom is -0.350 e. The van der Waals surface area contributed by atoms with Crippen molar-refractivity contribution < 1.29 is 9.72 Å².